The second-order valence-electron chi connectivity index (χ2n) is 17.9. The Labute approximate surface area is 377 Å². The first-order valence-electron chi connectivity index (χ1n) is 25.5. The fraction of sp³-hybridized carbons (Fsp3) is 0.722. The number of carbonyl (C=O) groups is 3. The molecule has 0 saturated carbocycles. The van der Waals surface area contributed by atoms with E-state index >= 15 is 0 Å². The lowest BCUT2D eigenvalue weighted by Crippen LogP contribution is -2.56. The van der Waals surface area contributed by atoms with E-state index in [0.717, 1.165) is 49.7 Å². The maximum Gasteiger partial charge on any atom is 0.306 e. The molecule has 8 heteroatoms. The third-order valence-corrected chi connectivity index (χ3v) is 12.3. The van der Waals surface area contributed by atoms with Gasteiger partial charge >= 0.3 is 11.9 Å². The van der Waals surface area contributed by atoms with Crippen LogP contribution < -0.4 is 5.32 Å². The lowest BCUT2D eigenvalue weighted by molar-refractivity contribution is -0.253. The maximum atomic E-state index is 13.4. The predicted molar refractivity (Wildman–Crippen MR) is 253 cm³/mol. The highest BCUT2D eigenvalue weighted by Gasteiger charge is 2.40. The summed E-state index contributed by atoms with van der Waals surface area (Å²) < 4.78 is 24.5. The Morgan fingerprint density at radius 1 is 0.565 bits per heavy atom. The number of carbonyl (C=O) groups excluding carboxylic acids is 3. The monoisotopic (exact) mass is 862 g/mol. The molecule has 350 valence electrons. The van der Waals surface area contributed by atoms with Gasteiger partial charge in [0, 0.05) is 12.0 Å². The van der Waals surface area contributed by atoms with Crippen LogP contribution in [0.5, 0.6) is 0 Å². The molecule has 2 aromatic rings. The number of amides is 1. The molecule has 0 bridgehead atoms. The van der Waals surface area contributed by atoms with Gasteiger partial charge in [-0.3, -0.25) is 14.4 Å². The largest absolute Gasteiger partial charge is 0.461 e. The first-order chi connectivity index (χ1) is 30.5. The predicted octanol–water partition coefficient (Wildman–Crippen LogP) is 14.4. The number of unbranched alkanes of at least 4 members (excludes halogenated alkanes) is 25. The van der Waals surface area contributed by atoms with Crippen LogP contribution in [-0.4, -0.2) is 42.7 Å². The lowest BCUT2D eigenvalue weighted by Gasteiger charge is -2.40. The van der Waals surface area contributed by atoms with E-state index < -0.39 is 36.5 Å². The van der Waals surface area contributed by atoms with Crippen LogP contribution in [0.3, 0.4) is 0 Å². The van der Waals surface area contributed by atoms with Gasteiger partial charge in [-0.1, -0.05) is 235 Å². The third-order valence-electron chi connectivity index (χ3n) is 12.3. The molecule has 0 spiro atoms. The molecule has 1 amide bonds. The maximum absolute atomic E-state index is 13.4. The van der Waals surface area contributed by atoms with E-state index in [-0.39, 0.29) is 32.0 Å². The minimum absolute atomic E-state index is 0.0309. The van der Waals surface area contributed by atoms with Gasteiger partial charge in [0.05, 0.1) is 25.5 Å². The molecule has 1 aliphatic rings. The van der Waals surface area contributed by atoms with Crippen molar-refractivity contribution in [2.75, 3.05) is 6.61 Å². The van der Waals surface area contributed by atoms with Gasteiger partial charge in [-0.25, -0.2) is 0 Å². The zero-order valence-corrected chi connectivity index (χ0v) is 39.3. The normalized spacial score (nSPS) is 16.8. The summed E-state index contributed by atoms with van der Waals surface area (Å²) in [5.74, 6) is -0.949. The third kappa shape index (κ3) is 25.8. The molecule has 1 N–H and O–H groups in total. The number of hydrogen-bond acceptors (Lipinski definition) is 7. The quantitative estimate of drug-likeness (QED) is 0.0530. The SMILES string of the molecule is CCCCCCCCCCCCCCCCCC(=O)N[C@H]1COC(c2ccccc2)O[C@@H]1[C@@H](CCCCCCCCCCCCCC)OC(=O)CCC(=O)OCc1ccccc1. The average molecular weight is 862 g/mol. The van der Waals surface area contributed by atoms with E-state index in [0.29, 0.717) is 12.8 Å². The number of rotatable bonds is 38. The van der Waals surface area contributed by atoms with Crippen molar-refractivity contribution < 1.29 is 33.3 Å². The van der Waals surface area contributed by atoms with Crippen LogP contribution in [0.15, 0.2) is 60.7 Å². The van der Waals surface area contributed by atoms with Gasteiger partial charge in [-0.15, -0.1) is 0 Å². The van der Waals surface area contributed by atoms with Gasteiger partial charge in [-0.05, 0) is 24.8 Å². The van der Waals surface area contributed by atoms with Crippen LogP contribution in [0.1, 0.15) is 230 Å². The first kappa shape index (κ1) is 53.1. The van der Waals surface area contributed by atoms with Crippen LogP contribution in [-0.2, 0) is 39.9 Å². The summed E-state index contributed by atoms with van der Waals surface area (Å²) in [5.41, 5.74) is 1.76. The molecule has 3 rings (SSSR count). The molecule has 0 aromatic heterocycles. The minimum atomic E-state index is -0.652. The molecule has 1 heterocycles. The molecule has 1 unspecified atom stereocenters. The minimum Gasteiger partial charge on any atom is -0.461 e. The smallest absolute Gasteiger partial charge is 0.306 e. The molecular formula is C54H87NO7. The fourth-order valence-electron chi connectivity index (χ4n) is 8.47. The van der Waals surface area contributed by atoms with Gasteiger partial charge in [-0.2, -0.15) is 0 Å². The van der Waals surface area contributed by atoms with Gasteiger partial charge in [0.1, 0.15) is 18.8 Å². The Hall–Kier alpha value is -3.23. The number of ether oxygens (including phenoxy) is 4. The topological polar surface area (TPSA) is 100 Å². The lowest BCUT2D eigenvalue weighted by atomic mass is 9.97. The van der Waals surface area contributed by atoms with Crippen molar-refractivity contribution in [2.45, 2.75) is 244 Å². The molecule has 1 saturated heterocycles. The van der Waals surface area contributed by atoms with Crippen molar-refractivity contribution in [2.24, 2.45) is 0 Å². The van der Waals surface area contributed by atoms with E-state index in [1.165, 1.54) is 135 Å². The Balaban J connectivity index is 1.51. The Morgan fingerprint density at radius 2 is 1.02 bits per heavy atom. The average Bonchev–Trinajstić information content (AvgIpc) is 3.29. The summed E-state index contributed by atoms with van der Waals surface area (Å²) in [6.07, 6.45) is 32.9. The summed E-state index contributed by atoms with van der Waals surface area (Å²) >= 11 is 0. The molecule has 4 atom stereocenters. The van der Waals surface area contributed by atoms with Crippen molar-refractivity contribution in [1.82, 2.24) is 5.32 Å². The van der Waals surface area contributed by atoms with Gasteiger partial charge in [0.15, 0.2) is 6.29 Å². The van der Waals surface area contributed by atoms with Crippen molar-refractivity contribution in [3.8, 4) is 0 Å². The summed E-state index contributed by atoms with van der Waals surface area (Å²) in [6.45, 7) is 4.94. The zero-order valence-electron chi connectivity index (χ0n) is 39.3. The molecule has 62 heavy (non-hydrogen) atoms. The van der Waals surface area contributed by atoms with Gasteiger partial charge in [0.2, 0.25) is 5.91 Å². The van der Waals surface area contributed by atoms with E-state index in [2.05, 4.69) is 19.2 Å². The number of benzene rings is 2. The van der Waals surface area contributed by atoms with E-state index in [9.17, 15) is 14.4 Å². The van der Waals surface area contributed by atoms with Crippen molar-refractivity contribution in [1.29, 1.82) is 0 Å². The molecule has 0 radical (unpaired) electrons. The summed E-state index contributed by atoms with van der Waals surface area (Å²) in [4.78, 5) is 39.5. The van der Waals surface area contributed by atoms with Crippen LogP contribution in [0.4, 0.5) is 0 Å². The summed E-state index contributed by atoms with van der Waals surface area (Å²) in [6, 6.07) is 18.8. The highest BCUT2D eigenvalue weighted by molar-refractivity contribution is 5.78. The van der Waals surface area contributed by atoms with Crippen LogP contribution in [0.25, 0.3) is 0 Å². The van der Waals surface area contributed by atoms with E-state index in [4.69, 9.17) is 18.9 Å². The number of nitrogens with one attached hydrogen (secondary N) is 1. The Bertz CT molecular complexity index is 1390. The molecule has 0 aliphatic carbocycles. The Kier molecular flexibility index (Phi) is 31.0. The van der Waals surface area contributed by atoms with Crippen LogP contribution in [0.2, 0.25) is 0 Å². The molecule has 1 fully saturated rings. The highest BCUT2D eigenvalue weighted by Crippen LogP contribution is 2.31. The number of esters is 2. The Morgan fingerprint density at radius 3 is 1.53 bits per heavy atom. The molecule has 8 nitrogen and oxygen atoms in total. The summed E-state index contributed by atoms with van der Waals surface area (Å²) in [7, 11) is 0. The fourth-order valence-corrected chi connectivity index (χ4v) is 8.47. The van der Waals surface area contributed by atoms with E-state index in [1.807, 2.05) is 60.7 Å². The van der Waals surface area contributed by atoms with Gasteiger partial charge < -0.3 is 24.3 Å². The molecular weight excluding hydrogens is 775 g/mol. The first-order valence-corrected chi connectivity index (χ1v) is 25.5. The highest BCUT2D eigenvalue weighted by atomic mass is 16.7. The van der Waals surface area contributed by atoms with Crippen LogP contribution in [0, 0.1) is 0 Å². The summed E-state index contributed by atoms with van der Waals surface area (Å²) in [5, 5.41) is 3.22. The molecule has 2 aromatic carbocycles. The van der Waals surface area contributed by atoms with E-state index in [1.54, 1.807) is 0 Å². The van der Waals surface area contributed by atoms with Crippen molar-refractivity contribution in [3.63, 3.8) is 0 Å². The standard InChI is InChI=1S/C54H87NO7/c1-3-5-7-9-11-13-15-17-18-19-21-23-25-27-35-41-50(56)55-48-45-60-54(47-38-32-29-33-39-47)62-53(48)49(40-34-26-24-22-20-16-14-12-10-8-6-4-2)61-52(58)43-42-51(57)59-44-46-36-30-28-31-37-46/h28-33,36-39,48-49,53-54H,3-27,34-35,40-45H2,1-2H3,(H,55,56)/t48-,49+,53-,54?/m0/s1. The van der Waals surface area contributed by atoms with Gasteiger partial charge in [0.25, 0.3) is 0 Å². The second kappa shape index (κ2) is 36.1. The number of hydrogen-bond donors (Lipinski definition) is 1. The second-order valence-corrected chi connectivity index (χ2v) is 17.9. The molecule has 1 aliphatic heterocycles. The zero-order chi connectivity index (χ0) is 44.1. The van der Waals surface area contributed by atoms with Crippen molar-refractivity contribution in [3.05, 3.63) is 71.8 Å². The van der Waals surface area contributed by atoms with Crippen molar-refractivity contribution >= 4 is 17.8 Å². The van der Waals surface area contributed by atoms with Crippen LogP contribution >= 0.6 is 0 Å².